The maximum atomic E-state index is 6.20. The minimum absolute atomic E-state index is 0. The van der Waals surface area contributed by atoms with Gasteiger partial charge in [0.25, 0.3) is 0 Å². The van der Waals surface area contributed by atoms with Crippen molar-refractivity contribution in [2.75, 3.05) is 0 Å². The second-order valence-corrected chi connectivity index (χ2v) is 7.51. The van der Waals surface area contributed by atoms with Gasteiger partial charge in [-0.3, -0.25) is 4.98 Å². The number of nitrogens with one attached hydrogen (secondary N) is 1. The molecule has 0 unspecified atom stereocenters. The van der Waals surface area contributed by atoms with E-state index >= 15 is 0 Å². The Bertz CT molecular complexity index is 1350. The molecule has 2 aromatic heterocycles. The fourth-order valence-corrected chi connectivity index (χ4v) is 3.76. The monoisotopic (exact) mass is 443 g/mol. The molecule has 0 amide bonds. The van der Waals surface area contributed by atoms with E-state index in [1.807, 2.05) is 37.3 Å². The van der Waals surface area contributed by atoms with Crippen molar-refractivity contribution in [3.05, 3.63) is 89.6 Å². The molecule has 0 radical (unpaired) electrons. The summed E-state index contributed by atoms with van der Waals surface area (Å²) in [5, 5.41) is 15.3. The van der Waals surface area contributed by atoms with Gasteiger partial charge >= 0.3 is 0 Å². The summed E-state index contributed by atoms with van der Waals surface area (Å²) in [7, 11) is 0. The van der Waals surface area contributed by atoms with Crippen molar-refractivity contribution in [2.24, 2.45) is 0 Å². The number of H-pyrrole nitrogens is 1. The first-order valence-electron chi connectivity index (χ1n) is 10.1. The molecule has 0 spiro atoms. The molecule has 5 aromatic rings. The molecule has 7 heteroatoms. The maximum absolute atomic E-state index is 6.20. The highest BCUT2D eigenvalue weighted by molar-refractivity contribution is 5.87. The number of aromatic nitrogens is 5. The van der Waals surface area contributed by atoms with Crippen molar-refractivity contribution in [1.82, 2.24) is 25.6 Å². The first kappa shape index (κ1) is 21.5. The third kappa shape index (κ3) is 4.18. The Hall–Kier alpha value is -3.77. The highest BCUT2D eigenvalue weighted by Gasteiger charge is 2.11. The molecule has 0 bridgehead atoms. The number of halogens is 1. The highest BCUT2D eigenvalue weighted by atomic mass is 35.5. The van der Waals surface area contributed by atoms with Gasteiger partial charge in [0.1, 0.15) is 12.4 Å². The SMILES string of the molecule is Cc1cc(OCc2ccc(-c3ccccc3-c3nnn[nH]3)cc2)c2cccc(C)c2n1.Cl. The quantitative estimate of drug-likeness (QED) is 0.377. The van der Waals surface area contributed by atoms with Gasteiger partial charge < -0.3 is 4.74 Å². The lowest BCUT2D eigenvalue weighted by atomic mass is 9.98. The lowest BCUT2D eigenvalue weighted by Crippen LogP contribution is -1.98. The van der Waals surface area contributed by atoms with E-state index in [4.69, 9.17) is 4.74 Å². The van der Waals surface area contributed by atoms with E-state index in [1.165, 1.54) is 0 Å². The Balaban J connectivity index is 0.00000245. The molecule has 0 atom stereocenters. The van der Waals surface area contributed by atoms with Crippen LogP contribution in [0.5, 0.6) is 5.75 Å². The number of rotatable bonds is 5. The zero-order valence-electron chi connectivity index (χ0n) is 17.7. The number of para-hydroxylation sites is 1. The molecule has 0 aliphatic rings. The molecule has 0 aliphatic heterocycles. The van der Waals surface area contributed by atoms with Crippen molar-refractivity contribution in [1.29, 1.82) is 0 Å². The number of hydrogen-bond donors (Lipinski definition) is 1. The third-order valence-electron chi connectivity index (χ3n) is 5.32. The number of nitrogens with zero attached hydrogens (tertiary/aromatic N) is 4. The molecule has 3 aromatic carbocycles. The molecular formula is C25H22ClN5O. The van der Waals surface area contributed by atoms with Crippen LogP contribution in [0.1, 0.15) is 16.8 Å². The van der Waals surface area contributed by atoms with Gasteiger partial charge in [-0.2, -0.15) is 0 Å². The second kappa shape index (κ2) is 9.16. The topological polar surface area (TPSA) is 76.6 Å². The first-order chi connectivity index (χ1) is 15.2. The van der Waals surface area contributed by atoms with Crippen LogP contribution in [0.4, 0.5) is 0 Å². The summed E-state index contributed by atoms with van der Waals surface area (Å²) in [6.45, 7) is 4.56. The fraction of sp³-hybridized carbons (Fsp3) is 0.120. The van der Waals surface area contributed by atoms with Crippen LogP contribution in [0.15, 0.2) is 72.8 Å². The van der Waals surface area contributed by atoms with Gasteiger partial charge in [-0.25, -0.2) is 5.10 Å². The smallest absolute Gasteiger partial charge is 0.180 e. The van der Waals surface area contributed by atoms with Gasteiger partial charge in [0.05, 0.1) is 5.52 Å². The molecule has 160 valence electrons. The van der Waals surface area contributed by atoms with Crippen LogP contribution in [0.3, 0.4) is 0 Å². The minimum Gasteiger partial charge on any atom is -0.488 e. The van der Waals surface area contributed by atoms with Gasteiger partial charge in [-0.05, 0) is 52.6 Å². The van der Waals surface area contributed by atoms with Gasteiger partial charge in [0, 0.05) is 22.7 Å². The van der Waals surface area contributed by atoms with E-state index in [9.17, 15) is 0 Å². The van der Waals surface area contributed by atoms with E-state index in [0.29, 0.717) is 12.4 Å². The fourth-order valence-electron chi connectivity index (χ4n) is 3.76. The van der Waals surface area contributed by atoms with Crippen LogP contribution in [0, 0.1) is 13.8 Å². The molecule has 1 N–H and O–H groups in total. The van der Waals surface area contributed by atoms with Crippen molar-refractivity contribution in [3.8, 4) is 28.3 Å². The summed E-state index contributed by atoms with van der Waals surface area (Å²) < 4.78 is 6.20. The lowest BCUT2D eigenvalue weighted by molar-refractivity contribution is 0.309. The predicted octanol–water partition coefficient (Wildman–Crippen LogP) is 5.70. The maximum Gasteiger partial charge on any atom is 0.180 e. The van der Waals surface area contributed by atoms with Gasteiger partial charge in [-0.15, -0.1) is 17.5 Å². The van der Waals surface area contributed by atoms with Crippen LogP contribution >= 0.6 is 12.4 Å². The predicted molar refractivity (Wildman–Crippen MR) is 128 cm³/mol. The zero-order valence-corrected chi connectivity index (χ0v) is 18.6. The Kier molecular flexibility index (Phi) is 6.14. The molecule has 5 rings (SSSR count). The molecule has 32 heavy (non-hydrogen) atoms. The van der Waals surface area contributed by atoms with Crippen molar-refractivity contribution < 1.29 is 4.74 Å². The number of tetrazole rings is 1. The Morgan fingerprint density at radius 2 is 1.66 bits per heavy atom. The molecule has 6 nitrogen and oxygen atoms in total. The van der Waals surface area contributed by atoms with Crippen LogP contribution in [0.2, 0.25) is 0 Å². The Morgan fingerprint density at radius 3 is 2.41 bits per heavy atom. The van der Waals surface area contributed by atoms with Gasteiger partial charge in [0.2, 0.25) is 0 Å². The molecule has 0 aliphatic carbocycles. The number of aromatic amines is 1. The van der Waals surface area contributed by atoms with E-state index in [-0.39, 0.29) is 12.4 Å². The largest absolute Gasteiger partial charge is 0.488 e. The van der Waals surface area contributed by atoms with Crippen LogP contribution in [0.25, 0.3) is 33.4 Å². The van der Waals surface area contributed by atoms with Crippen LogP contribution in [-0.4, -0.2) is 25.6 Å². The average Bonchev–Trinajstić information content (AvgIpc) is 3.33. The molecular weight excluding hydrogens is 422 g/mol. The van der Waals surface area contributed by atoms with Gasteiger partial charge in [-0.1, -0.05) is 60.7 Å². The minimum atomic E-state index is 0. The lowest BCUT2D eigenvalue weighted by Gasteiger charge is -2.12. The average molecular weight is 444 g/mol. The van der Waals surface area contributed by atoms with E-state index < -0.39 is 0 Å². The third-order valence-corrected chi connectivity index (χ3v) is 5.32. The second-order valence-electron chi connectivity index (χ2n) is 7.51. The van der Waals surface area contributed by atoms with Crippen LogP contribution in [-0.2, 0) is 6.61 Å². The van der Waals surface area contributed by atoms with Crippen molar-refractivity contribution in [3.63, 3.8) is 0 Å². The number of fused-ring (bicyclic) bond motifs is 1. The molecule has 0 fully saturated rings. The van der Waals surface area contributed by atoms with Gasteiger partial charge in [0.15, 0.2) is 5.82 Å². The number of pyridine rings is 1. The molecule has 2 heterocycles. The Labute approximate surface area is 192 Å². The summed E-state index contributed by atoms with van der Waals surface area (Å²) in [4.78, 5) is 4.67. The summed E-state index contributed by atoms with van der Waals surface area (Å²) in [6, 6.07) is 24.6. The molecule has 0 saturated heterocycles. The van der Waals surface area contributed by atoms with E-state index in [0.717, 1.165) is 50.2 Å². The summed E-state index contributed by atoms with van der Waals surface area (Å²) in [5.74, 6) is 1.51. The van der Waals surface area contributed by atoms with Crippen molar-refractivity contribution in [2.45, 2.75) is 20.5 Å². The number of ether oxygens (including phenoxy) is 1. The van der Waals surface area contributed by atoms with E-state index in [2.05, 4.69) is 75.0 Å². The number of hydrogen-bond acceptors (Lipinski definition) is 5. The summed E-state index contributed by atoms with van der Waals surface area (Å²) >= 11 is 0. The van der Waals surface area contributed by atoms with Crippen LogP contribution < -0.4 is 4.74 Å². The highest BCUT2D eigenvalue weighted by Crippen LogP contribution is 2.31. The normalized spacial score (nSPS) is 10.7. The number of benzene rings is 3. The standard InChI is InChI=1S/C25H21N5O.ClH/c1-16-6-5-9-22-23(14-17(2)26-24(16)22)31-15-18-10-12-19(13-11-18)20-7-3-4-8-21(20)25-27-29-30-28-25;/h3-14H,15H2,1-2H3,(H,27,28,29,30);1H. The number of aryl methyl sites for hydroxylation is 2. The van der Waals surface area contributed by atoms with E-state index in [1.54, 1.807) is 0 Å². The Morgan fingerprint density at radius 1 is 0.875 bits per heavy atom. The zero-order chi connectivity index (χ0) is 21.2. The van der Waals surface area contributed by atoms with Crippen molar-refractivity contribution >= 4 is 23.3 Å². The summed E-state index contributed by atoms with van der Waals surface area (Å²) in [5.41, 5.74) is 7.31. The molecule has 0 saturated carbocycles. The first-order valence-corrected chi connectivity index (χ1v) is 10.1. The summed E-state index contributed by atoms with van der Waals surface area (Å²) in [6.07, 6.45) is 0.